The molecule has 0 aliphatic heterocycles. The fraction of sp³-hybridized carbons (Fsp3) is 0.333. The van der Waals surface area contributed by atoms with Gasteiger partial charge in [0, 0.05) is 0 Å². The maximum atomic E-state index is 12.6. The number of hydrogen-bond acceptors (Lipinski definition) is 3. The average molecular weight is 323 g/mol. The van der Waals surface area contributed by atoms with Crippen LogP contribution in [0.3, 0.4) is 0 Å². The first-order valence-corrected chi connectivity index (χ1v) is 5.92. The zero-order valence-corrected chi connectivity index (χ0v) is 11.6. The van der Waals surface area contributed by atoms with Crippen LogP contribution in [0.15, 0.2) is 16.6 Å². The highest BCUT2D eigenvalue weighted by molar-refractivity contribution is 9.10. The SMILES string of the molecule is CCOC(=O)CC=O.Cc1cc(F)c(Br)cc1F. The molecule has 0 saturated carbocycles. The van der Waals surface area contributed by atoms with E-state index in [0.29, 0.717) is 18.5 Å². The number of aldehydes is 1. The highest BCUT2D eigenvalue weighted by Gasteiger charge is 2.02. The van der Waals surface area contributed by atoms with Crippen molar-refractivity contribution in [2.24, 2.45) is 0 Å². The van der Waals surface area contributed by atoms with E-state index in [9.17, 15) is 18.4 Å². The topological polar surface area (TPSA) is 43.4 Å². The van der Waals surface area contributed by atoms with Crippen molar-refractivity contribution in [2.75, 3.05) is 6.61 Å². The van der Waals surface area contributed by atoms with Crippen LogP contribution in [0.5, 0.6) is 0 Å². The van der Waals surface area contributed by atoms with Gasteiger partial charge in [0.1, 0.15) is 24.3 Å². The van der Waals surface area contributed by atoms with E-state index in [4.69, 9.17) is 0 Å². The summed E-state index contributed by atoms with van der Waals surface area (Å²) in [6.07, 6.45) is 0.395. The number of ether oxygens (including phenoxy) is 1. The summed E-state index contributed by atoms with van der Waals surface area (Å²) in [6.45, 7) is 3.56. The van der Waals surface area contributed by atoms with Gasteiger partial charge in [0.2, 0.25) is 0 Å². The van der Waals surface area contributed by atoms with Crippen molar-refractivity contribution in [2.45, 2.75) is 20.3 Å². The minimum Gasteiger partial charge on any atom is -0.466 e. The third kappa shape index (κ3) is 6.44. The Labute approximate surface area is 112 Å². The molecule has 1 aromatic rings. The highest BCUT2D eigenvalue weighted by atomic mass is 79.9. The van der Waals surface area contributed by atoms with Gasteiger partial charge < -0.3 is 9.53 Å². The lowest BCUT2D eigenvalue weighted by Crippen LogP contribution is -2.03. The zero-order valence-electron chi connectivity index (χ0n) is 10.0. The molecule has 0 unspecified atom stereocenters. The third-order valence-electron chi connectivity index (χ3n) is 1.76. The molecule has 0 aromatic heterocycles. The Hall–Kier alpha value is -1.30. The molecule has 1 rings (SSSR count). The van der Waals surface area contributed by atoms with Crippen LogP contribution in [0.4, 0.5) is 8.78 Å². The van der Waals surface area contributed by atoms with Gasteiger partial charge in [-0.15, -0.1) is 0 Å². The molecule has 18 heavy (non-hydrogen) atoms. The van der Waals surface area contributed by atoms with Crippen LogP contribution in [0.2, 0.25) is 0 Å². The number of esters is 1. The maximum absolute atomic E-state index is 12.6. The summed E-state index contributed by atoms with van der Waals surface area (Å²) < 4.78 is 29.7. The largest absolute Gasteiger partial charge is 0.466 e. The van der Waals surface area contributed by atoms with Crippen LogP contribution < -0.4 is 0 Å². The Balaban J connectivity index is 0.000000331. The fourth-order valence-electron chi connectivity index (χ4n) is 0.910. The van der Waals surface area contributed by atoms with Gasteiger partial charge in [0.25, 0.3) is 0 Å². The van der Waals surface area contributed by atoms with E-state index in [0.717, 1.165) is 12.1 Å². The Morgan fingerprint density at radius 2 is 2.00 bits per heavy atom. The minimum atomic E-state index is -0.456. The lowest BCUT2D eigenvalue weighted by molar-refractivity contribution is -0.143. The molecule has 0 aliphatic carbocycles. The molecule has 6 heteroatoms. The van der Waals surface area contributed by atoms with Crippen molar-refractivity contribution in [1.29, 1.82) is 0 Å². The third-order valence-corrected chi connectivity index (χ3v) is 2.36. The summed E-state index contributed by atoms with van der Waals surface area (Å²) in [5.41, 5.74) is 0.320. The highest BCUT2D eigenvalue weighted by Crippen LogP contribution is 2.18. The number of carbonyl (C=O) groups is 2. The van der Waals surface area contributed by atoms with Gasteiger partial charge in [-0.05, 0) is 47.5 Å². The molecule has 0 saturated heterocycles. The monoisotopic (exact) mass is 322 g/mol. The molecule has 0 fully saturated rings. The second-order valence-corrected chi connectivity index (χ2v) is 4.05. The number of rotatable bonds is 3. The van der Waals surface area contributed by atoms with E-state index in [1.165, 1.54) is 6.92 Å². The molecule has 0 heterocycles. The van der Waals surface area contributed by atoms with E-state index in [1.807, 2.05) is 0 Å². The van der Waals surface area contributed by atoms with Crippen LogP contribution in [-0.2, 0) is 14.3 Å². The Morgan fingerprint density at radius 1 is 1.39 bits per heavy atom. The van der Waals surface area contributed by atoms with E-state index in [1.54, 1.807) is 6.92 Å². The van der Waals surface area contributed by atoms with E-state index in [-0.39, 0.29) is 10.9 Å². The maximum Gasteiger partial charge on any atom is 0.312 e. The molecular weight excluding hydrogens is 310 g/mol. The molecule has 0 aliphatic rings. The molecule has 0 radical (unpaired) electrons. The van der Waals surface area contributed by atoms with Crippen LogP contribution in [0.25, 0.3) is 0 Å². The summed E-state index contributed by atoms with van der Waals surface area (Å²) >= 11 is 2.87. The van der Waals surface area contributed by atoms with Crippen molar-refractivity contribution < 1.29 is 23.1 Å². The van der Waals surface area contributed by atoms with E-state index >= 15 is 0 Å². The van der Waals surface area contributed by atoms with Gasteiger partial charge in [0.05, 0.1) is 11.1 Å². The van der Waals surface area contributed by atoms with Gasteiger partial charge in [-0.2, -0.15) is 0 Å². The Morgan fingerprint density at radius 3 is 2.44 bits per heavy atom. The summed E-state index contributed by atoms with van der Waals surface area (Å²) in [6, 6.07) is 2.27. The number of hydrogen-bond donors (Lipinski definition) is 0. The van der Waals surface area contributed by atoms with Crippen molar-refractivity contribution in [3.05, 3.63) is 33.8 Å². The van der Waals surface area contributed by atoms with Gasteiger partial charge in [0.15, 0.2) is 0 Å². The molecule has 0 bridgehead atoms. The summed E-state index contributed by atoms with van der Waals surface area (Å²) in [5, 5.41) is 0. The Kier molecular flexibility index (Phi) is 8.11. The van der Waals surface area contributed by atoms with Gasteiger partial charge >= 0.3 is 5.97 Å². The first-order valence-electron chi connectivity index (χ1n) is 5.12. The van der Waals surface area contributed by atoms with Crippen LogP contribution >= 0.6 is 15.9 Å². The quantitative estimate of drug-likeness (QED) is 0.371. The first kappa shape index (κ1) is 16.7. The second-order valence-electron chi connectivity index (χ2n) is 3.19. The summed E-state index contributed by atoms with van der Waals surface area (Å²) in [7, 11) is 0. The molecular formula is C12H13BrF2O3. The molecule has 0 N–H and O–H groups in total. The smallest absolute Gasteiger partial charge is 0.312 e. The Bertz CT molecular complexity index is 372. The van der Waals surface area contributed by atoms with Crippen molar-refractivity contribution in [3.8, 4) is 0 Å². The van der Waals surface area contributed by atoms with Gasteiger partial charge in [-0.25, -0.2) is 8.78 Å². The van der Waals surface area contributed by atoms with Crippen LogP contribution in [0.1, 0.15) is 18.9 Å². The molecule has 0 atom stereocenters. The average Bonchev–Trinajstić information content (AvgIpc) is 2.28. The fourth-order valence-corrected chi connectivity index (χ4v) is 1.23. The van der Waals surface area contributed by atoms with Crippen LogP contribution in [-0.4, -0.2) is 18.9 Å². The lowest BCUT2D eigenvalue weighted by atomic mass is 10.2. The minimum absolute atomic E-state index is 0.131. The lowest BCUT2D eigenvalue weighted by Gasteiger charge is -1.97. The van der Waals surface area contributed by atoms with Crippen molar-refractivity contribution in [3.63, 3.8) is 0 Å². The first-order chi connectivity index (χ1) is 8.42. The normalized spacial score (nSPS) is 9.17. The predicted molar refractivity (Wildman–Crippen MR) is 66.1 cm³/mol. The van der Waals surface area contributed by atoms with E-state index < -0.39 is 17.6 Å². The zero-order chi connectivity index (χ0) is 14.1. The van der Waals surface area contributed by atoms with Gasteiger partial charge in [-0.3, -0.25) is 4.79 Å². The molecule has 0 amide bonds. The number of carbonyl (C=O) groups excluding carboxylic acids is 2. The van der Waals surface area contributed by atoms with Crippen LogP contribution in [0, 0.1) is 18.6 Å². The second kappa shape index (κ2) is 8.74. The summed E-state index contributed by atoms with van der Waals surface area (Å²) in [4.78, 5) is 19.8. The predicted octanol–water partition coefficient (Wildman–Crippen LogP) is 3.17. The van der Waals surface area contributed by atoms with Crippen molar-refractivity contribution in [1.82, 2.24) is 0 Å². The van der Waals surface area contributed by atoms with Crippen molar-refractivity contribution >= 4 is 28.2 Å². The van der Waals surface area contributed by atoms with Gasteiger partial charge in [-0.1, -0.05) is 0 Å². The number of aryl methyl sites for hydroxylation is 1. The molecule has 1 aromatic carbocycles. The number of benzene rings is 1. The molecule has 0 spiro atoms. The number of halogens is 3. The summed E-state index contributed by atoms with van der Waals surface area (Å²) in [5.74, 6) is -1.28. The van der Waals surface area contributed by atoms with E-state index in [2.05, 4.69) is 20.7 Å². The standard InChI is InChI=1S/C7H5BrF2.C5H8O3/c1-4-2-7(10)5(8)3-6(4)9;1-2-8-5(7)3-4-6/h2-3H,1H3;4H,2-3H2,1H3. The molecule has 3 nitrogen and oxygen atoms in total. The molecule has 100 valence electrons.